The SMILES string of the molecule is CCc1cc(-c2c3ccccc3cc3cc4ccccc4cc23)cc(-c2ccc3ccc4cccc5ccc2c3c45)c1. The Hall–Kier alpha value is -5.20. The molecule has 196 valence electrons. The molecule has 0 atom stereocenters. The third-order valence-electron chi connectivity index (χ3n) is 9.26. The minimum Gasteiger partial charge on any atom is -0.0616 e. The van der Waals surface area contributed by atoms with Crippen LogP contribution in [0.5, 0.6) is 0 Å². The molecule has 0 aliphatic rings. The summed E-state index contributed by atoms with van der Waals surface area (Å²) < 4.78 is 0. The van der Waals surface area contributed by atoms with E-state index in [4.69, 9.17) is 0 Å². The van der Waals surface area contributed by atoms with Crippen molar-refractivity contribution in [2.45, 2.75) is 13.3 Å². The molecule has 0 bridgehead atoms. The van der Waals surface area contributed by atoms with Crippen molar-refractivity contribution in [2.75, 3.05) is 0 Å². The van der Waals surface area contributed by atoms with Crippen LogP contribution >= 0.6 is 0 Å². The fourth-order valence-corrected chi connectivity index (χ4v) is 7.25. The molecule has 9 rings (SSSR count). The summed E-state index contributed by atoms with van der Waals surface area (Å²) in [4.78, 5) is 0. The molecule has 0 fully saturated rings. The van der Waals surface area contributed by atoms with Crippen molar-refractivity contribution < 1.29 is 0 Å². The van der Waals surface area contributed by atoms with Crippen LogP contribution in [0.25, 0.3) is 86.9 Å². The predicted molar refractivity (Wildman–Crippen MR) is 183 cm³/mol. The smallest absolute Gasteiger partial charge is 0.00206 e. The van der Waals surface area contributed by atoms with E-state index in [1.807, 2.05) is 0 Å². The van der Waals surface area contributed by atoms with E-state index >= 15 is 0 Å². The molecule has 9 aromatic carbocycles. The Morgan fingerprint density at radius 2 is 1.00 bits per heavy atom. The number of rotatable bonds is 3. The van der Waals surface area contributed by atoms with Crippen molar-refractivity contribution in [1.29, 1.82) is 0 Å². The van der Waals surface area contributed by atoms with Gasteiger partial charge in [0.05, 0.1) is 0 Å². The molecule has 0 saturated heterocycles. The van der Waals surface area contributed by atoms with Crippen molar-refractivity contribution in [1.82, 2.24) is 0 Å². The van der Waals surface area contributed by atoms with Gasteiger partial charge in [0, 0.05) is 0 Å². The van der Waals surface area contributed by atoms with Gasteiger partial charge in [0.25, 0.3) is 0 Å². The summed E-state index contributed by atoms with van der Waals surface area (Å²) in [5.74, 6) is 0. The lowest BCUT2D eigenvalue weighted by Gasteiger charge is -2.17. The highest BCUT2D eigenvalue weighted by Crippen LogP contribution is 2.43. The molecule has 0 N–H and O–H groups in total. The monoisotopic (exact) mass is 532 g/mol. The van der Waals surface area contributed by atoms with E-state index in [0.29, 0.717) is 0 Å². The Kier molecular flexibility index (Phi) is 4.98. The second-order valence-corrected chi connectivity index (χ2v) is 11.6. The van der Waals surface area contributed by atoms with Crippen LogP contribution in [0.3, 0.4) is 0 Å². The Morgan fingerprint density at radius 3 is 1.81 bits per heavy atom. The molecule has 0 amide bonds. The summed E-state index contributed by atoms with van der Waals surface area (Å²) in [5.41, 5.74) is 6.54. The van der Waals surface area contributed by atoms with Gasteiger partial charge in [-0.05, 0) is 123 Å². The van der Waals surface area contributed by atoms with Gasteiger partial charge >= 0.3 is 0 Å². The van der Waals surface area contributed by atoms with Gasteiger partial charge in [-0.2, -0.15) is 0 Å². The van der Waals surface area contributed by atoms with E-state index in [1.54, 1.807) is 0 Å². The normalized spacial score (nSPS) is 12.0. The van der Waals surface area contributed by atoms with Crippen LogP contribution in [0.2, 0.25) is 0 Å². The molecule has 42 heavy (non-hydrogen) atoms. The van der Waals surface area contributed by atoms with Crippen molar-refractivity contribution in [3.8, 4) is 22.3 Å². The van der Waals surface area contributed by atoms with E-state index in [-0.39, 0.29) is 0 Å². The average Bonchev–Trinajstić information content (AvgIpc) is 3.04. The predicted octanol–water partition coefficient (Wildman–Crippen LogP) is 11.9. The second-order valence-electron chi connectivity index (χ2n) is 11.6. The molecule has 0 unspecified atom stereocenters. The van der Waals surface area contributed by atoms with Gasteiger partial charge in [0.1, 0.15) is 0 Å². The highest BCUT2D eigenvalue weighted by Gasteiger charge is 2.16. The first kappa shape index (κ1) is 23.5. The zero-order chi connectivity index (χ0) is 27.8. The molecule has 0 aliphatic carbocycles. The summed E-state index contributed by atoms with van der Waals surface area (Å²) in [7, 11) is 0. The number of hydrogen-bond donors (Lipinski definition) is 0. The molecular weight excluding hydrogens is 504 g/mol. The summed E-state index contributed by atoms with van der Waals surface area (Å²) >= 11 is 0. The van der Waals surface area contributed by atoms with Gasteiger partial charge in [-0.1, -0.05) is 122 Å². The summed E-state index contributed by atoms with van der Waals surface area (Å²) in [6, 6.07) is 52.3. The van der Waals surface area contributed by atoms with E-state index < -0.39 is 0 Å². The highest BCUT2D eigenvalue weighted by molar-refractivity contribution is 6.25. The van der Waals surface area contributed by atoms with Crippen molar-refractivity contribution in [3.63, 3.8) is 0 Å². The second kappa shape index (κ2) is 8.90. The van der Waals surface area contributed by atoms with Gasteiger partial charge in [-0.15, -0.1) is 0 Å². The molecule has 0 saturated carbocycles. The van der Waals surface area contributed by atoms with E-state index in [1.165, 1.54) is 92.5 Å². The van der Waals surface area contributed by atoms with E-state index in [0.717, 1.165) is 6.42 Å². The molecule has 0 radical (unpaired) electrons. The van der Waals surface area contributed by atoms with Gasteiger partial charge in [0.15, 0.2) is 0 Å². The first-order valence-corrected chi connectivity index (χ1v) is 14.9. The molecule has 0 heterocycles. The standard InChI is InChI=1S/C42H28/c1-2-26-20-33(36-18-16-29-15-14-27-11-7-12-28-17-19-38(36)42(29)40(27)28)24-35(21-26)41-37-13-6-5-10-32(37)23-34-22-30-8-3-4-9-31(30)25-39(34)41/h3-25H,2H2,1H3. The lowest BCUT2D eigenvalue weighted by molar-refractivity contribution is 1.14. The summed E-state index contributed by atoms with van der Waals surface area (Å²) in [6.45, 7) is 2.27. The maximum absolute atomic E-state index is 2.43. The largest absolute Gasteiger partial charge is 0.0616 e. The van der Waals surface area contributed by atoms with Crippen LogP contribution in [0.1, 0.15) is 12.5 Å². The number of benzene rings is 9. The van der Waals surface area contributed by atoms with Crippen molar-refractivity contribution >= 4 is 64.6 Å². The van der Waals surface area contributed by atoms with Crippen LogP contribution in [0, 0.1) is 0 Å². The summed E-state index contributed by atoms with van der Waals surface area (Å²) in [5, 5.41) is 15.7. The lowest BCUT2D eigenvalue weighted by Crippen LogP contribution is -1.92. The lowest BCUT2D eigenvalue weighted by atomic mass is 9.86. The molecule has 0 spiro atoms. The van der Waals surface area contributed by atoms with Gasteiger partial charge < -0.3 is 0 Å². The maximum atomic E-state index is 2.43. The van der Waals surface area contributed by atoms with Crippen LogP contribution in [0.4, 0.5) is 0 Å². The number of aryl methyl sites for hydroxylation is 1. The zero-order valence-electron chi connectivity index (χ0n) is 23.5. The molecule has 0 nitrogen and oxygen atoms in total. The minimum atomic E-state index is 0.984. The third kappa shape index (κ3) is 3.42. The number of hydrogen-bond acceptors (Lipinski definition) is 0. The average molecular weight is 533 g/mol. The zero-order valence-corrected chi connectivity index (χ0v) is 23.5. The number of fused-ring (bicyclic) bond motifs is 3. The van der Waals surface area contributed by atoms with Gasteiger partial charge in [-0.25, -0.2) is 0 Å². The Morgan fingerprint density at radius 1 is 0.381 bits per heavy atom. The fraction of sp³-hybridized carbons (Fsp3) is 0.0476. The van der Waals surface area contributed by atoms with Crippen LogP contribution in [0.15, 0.2) is 140 Å². The van der Waals surface area contributed by atoms with Gasteiger partial charge in [0.2, 0.25) is 0 Å². The van der Waals surface area contributed by atoms with Crippen LogP contribution in [-0.4, -0.2) is 0 Å². The molecule has 0 aromatic heterocycles. The molecule has 0 heteroatoms. The molecular formula is C42H28. The van der Waals surface area contributed by atoms with Crippen molar-refractivity contribution in [2.24, 2.45) is 0 Å². The van der Waals surface area contributed by atoms with E-state index in [2.05, 4.69) is 146 Å². The Bertz CT molecular complexity index is 2470. The fourth-order valence-electron chi connectivity index (χ4n) is 7.25. The molecule has 0 aliphatic heterocycles. The highest BCUT2D eigenvalue weighted by atomic mass is 14.2. The summed E-state index contributed by atoms with van der Waals surface area (Å²) in [6.07, 6.45) is 0.984. The maximum Gasteiger partial charge on any atom is -0.00206 e. The first-order chi connectivity index (χ1) is 20.7. The topological polar surface area (TPSA) is 0 Å². The Labute approximate surface area is 244 Å². The first-order valence-electron chi connectivity index (χ1n) is 14.9. The van der Waals surface area contributed by atoms with Crippen LogP contribution < -0.4 is 0 Å². The minimum absolute atomic E-state index is 0.984. The molecule has 9 aromatic rings. The quantitative estimate of drug-likeness (QED) is 0.157. The Balaban J connectivity index is 1.37. The van der Waals surface area contributed by atoms with Crippen molar-refractivity contribution in [3.05, 3.63) is 145 Å². The van der Waals surface area contributed by atoms with E-state index in [9.17, 15) is 0 Å². The third-order valence-corrected chi connectivity index (χ3v) is 9.26. The van der Waals surface area contributed by atoms with Crippen LogP contribution in [-0.2, 0) is 6.42 Å². The van der Waals surface area contributed by atoms with Gasteiger partial charge in [-0.3, -0.25) is 0 Å².